The van der Waals surface area contributed by atoms with Crippen molar-refractivity contribution in [3.05, 3.63) is 21.8 Å². The summed E-state index contributed by atoms with van der Waals surface area (Å²) in [5, 5.41) is 3.44. The van der Waals surface area contributed by atoms with E-state index in [0.29, 0.717) is 0 Å². The molecule has 0 spiro atoms. The van der Waals surface area contributed by atoms with Crippen molar-refractivity contribution in [2.75, 3.05) is 17.6 Å². The number of hydrogen-bond donors (Lipinski definition) is 1. The molecule has 1 aliphatic rings. The van der Waals surface area contributed by atoms with Gasteiger partial charge in [0.1, 0.15) is 0 Å². The zero-order valence-electron chi connectivity index (χ0n) is 6.64. The van der Waals surface area contributed by atoms with Crippen molar-refractivity contribution in [2.24, 2.45) is 0 Å². The van der Waals surface area contributed by atoms with Crippen molar-refractivity contribution in [1.29, 1.82) is 0 Å². The molecule has 64 valence electrons. The van der Waals surface area contributed by atoms with Gasteiger partial charge in [0.15, 0.2) is 0 Å². The van der Waals surface area contributed by atoms with Gasteiger partial charge < -0.3 is 5.32 Å². The fourth-order valence-corrected chi connectivity index (χ4v) is 2.69. The van der Waals surface area contributed by atoms with Crippen molar-refractivity contribution in [1.82, 2.24) is 0 Å². The summed E-state index contributed by atoms with van der Waals surface area (Å²) in [6.07, 6.45) is 1.26. The van der Waals surface area contributed by atoms with Gasteiger partial charge >= 0.3 is 0 Å². The van der Waals surface area contributed by atoms with E-state index in [9.17, 15) is 0 Å². The Hall–Kier alpha value is 0.1000. The molecule has 12 heavy (non-hydrogen) atoms. The number of benzene rings is 1. The Morgan fingerprint density at radius 2 is 2.33 bits per heavy atom. The van der Waals surface area contributed by atoms with Crippen LogP contribution in [0.5, 0.6) is 0 Å². The first kappa shape index (κ1) is 8.69. The Balaban J connectivity index is 2.36. The van der Waals surface area contributed by atoms with Crippen LogP contribution in [-0.2, 0) is 0 Å². The molecule has 2 rings (SSSR count). The summed E-state index contributed by atoms with van der Waals surface area (Å²) in [5.74, 6) is 1.24. The van der Waals surface area contributed by atoms with Crippen molar-refractivity contribution in [2.45, 2.75) is 11.3 Å². The molecule has 0 bridgehead atoms. The minimum Gasteiger partial charge on any atom is -0.384 e. The zero-order chi connectivity index (χ0) is 8.39. The van der Waals surface area contributed by atoms with Gasteiger partial charge in [-0.25, -0.2) is 0 Å². The molecule has 1 N–H and O–H groups in total. The van der Waals surface area contributed by atoms with Crippen LogP contribution in [0.25, 0.3) is 0 Å². The SMILES string of the molecule is Ic1ccc2c(c1)NCCCS2. The number of rotatable bonds is 0. The predicted molar refractivity (Wildman–Crippen MR) is 63.0 cm³/mol. The molecule has 0 amide bonds. The first-order valence-electron chi connectivity index (χ1n) is 4.02. The summed E-state index contributed by atoms with van der Waals surface area (Å²) in [6.45, 7) is 1.11. The van der Waals surface area contributed by atoms with Gasteiger partial charge in [0.05, 0.1) is 0 Å². The third kappa shape index (κ3) is 1.88. The number of thioether (sulfide) groups is 1. The van der Waals surface area contributed by atoms with Gasteiger partial charge in [-0.3, -0.25) is 0 Å². The fraction of sp³-hybridized carbons (Fsp3) is 0.333. The second kappa shape index (κ2) is 3.87. The lowest BCUT2D eigenvalue weighted by atomic mass is 10.3. The van der Waals surface area contributed by atoms with Crippen molar-refractivity contribution in [3.8, 4) is 0 Å². The molecule has 0 saturated heterocycles. The van der Waals surface area contributed by atoms with E-state index in [1.54, 1.807) is 0 Å². The monoisotopic (exact) mass is 291 g/mol. The van der Waals surface area contributed by atoms with Crippen LogP contribution in [0.1, 0.15) is 6.42 Å². The average molecular weight is 291 g/mol. The average Bonchev–Trinajstić information content (AvgIpc) is 2.28. The molecule has 0 unspecified atom stereocenters. The van der Waals surface area contributed by atoms with Crippen LogP contribution < -0.4 is 5.32 Å². The molecule has 1 aliphatic heterocycles. The molecule has 0 aliphatic carbocycles. The van der Waals surface area contributed by atoms with E-state index in [-0.39, 0.29) is 0 Å². The van der Waals surface area contributed by atoms with Crippen LogP contribution in [-0.4, -0.2) is 12.3 Å². The molecule has 1 aromatic carbocycles. The second-order valence-corrected chi connectivity index (χ2v) is 5.15. The van der Waals surface area contributed by atoms with Crippen LogP contribution in [0.15, 0.2) is 23.1 Å². The summed E-state index contributed by atoms with van der Waals surface area (Å²) >= 11 is 4.30. The highest BCUT2D eigenvalue weighted by atomic mass is 127. The van der Waals surface area contributed by atoms with Crippen LogP contribution in [0.4, 0.5) is 5.69 Å². The Morgan fingerprint density at radius 3 is 3.25 bits per heavy atom. The summed E-state index contributed by atoms with van der Waals surface area (Å²) in [6, 6.07) is 6.59. The normalized spacial score (nSPS) is 16.1. The molecule has 0 saturated carbocycles. The highest BCUT2D eigenvalue weighted by molar-refractivity contribution is 14.1. The third-order valence-electron chi connectivity index (χ3n) is 1.84. The largest absolute Gasteiger partial charge is 0.384 e. The second-order valence-electron chi connectivity index (χ2n) is 2.77. The van der Waals surface area contributed by atoms with Crippen molar-refractivity contribution >= 4 is 40.0 Å². The van der Waals surface area contributed by atoms with Gasteiger partial charge in [0.25, 0.3) is 0 Å². The van der Waals surface area contributed by atoms with Gasteiger partial charge in [-0.2, -0.15) is 0 Å². The predicted octanol–water partition coefficient (Wildman–Crippen LogP) is 3.20. The van der Waals surface area contributed by atoms with Crippen LogP contribution in [0.2, 0.25) is 0 Å². The molecular formula is C9H10INS. The summed E-state index contributed by atoms with van der Waals surface area (Å²) < 4.78 is 1.31. The highest BCUT2D eigenvalue weighted by Crippen LogP contribution is 2.31. The lowest BCUT2D eigenvalue weighted by Gasteiger charge is -2.06. The van der Waals surface area contributed by atoms with E-state index >= 15 is 0 Å². The van der Waals surface area contributed by atoms with E-state index in [4.69, 9.17) is 0 Å². The van der Waals surface area contributed by atoms with Gasteiger partial charge in [-0.15, -0.1) is 11.8 Å². The van der Waals surface area contributed by atoms with Gasteiger partial charge in [0, 0.05) is 20.7 Å². The minimum absolute atomic E-state index is 1.11. The molecule has 1 aromatic rings. The molecule has 0 fully saturated rings. The standard InChI is InChI=1S/C9H10INS/c10-7-2-3-9-8(6-7)11-4-1-5-12-9/h2-3,6,11H,1,4-5H2. The maximum atomic E-state index is 3.44. The Kier molecular flexibility index (Phi) is 2.80. The number of anilines is 1. The van der Waals surface area contributed by atoms with Gasteiger partial charge in [-0.1, -0.05) is 0 Å². The number of halogens is 1. The quantitative estimate of drug-likeness (QED) is 0.737. The lowest BCUT2D eigenvalue weighted by Crippen LogP contribution is -1.99. The number of nitrogens with one attached hydrogen (secondary N) is 1. The first-order valence-corrected chi connectivity index (χ1v) is 6.09. The molecule has 1 heterocycles. The highest BCUT2D eigenvalue weighted by Gasteiger charge is 2.06. The van der Waals surface area contributed by atoms with Crippen molar-refractivity contribution in [3.63, 3.8) is 0 Å². The summed E-state index contributed by atoms with van der Waals surface area (Å²) in [4.78, 5) is 1.40. The molecular weight excluding hydrogens is 281 g/mol. The van der Waals surface area contributed by atoms with Crippen LogP contribution >= 0.6 is 34.4 Å². The maximum absolute atomic E-state index is 3.44. The third-order valence-corrected chi connectivity index (χ3v) is 3.67. The minimum atomic E-state index is 1.11. The van der Waals surface area contributed by atoms with Gasteiger partial charge in [0.2, 0.25) is 0 Å². The van der Waals surface area contributed by atoms with Gasteiger partial charge in [-0.05, 0) is 53.0 Å². The summed E-state index contributed by atoms with van der Waals surface area (Å²) in [7, 11) is 0. The fourth-order valence-electron chi connectivity index (χ4n) is 1.24. The Bertz CT molecular complexity index is 288. The Labute approximate surface area is 90.5 Å². The molecule has 0 radical (unpaired) electrons. The zero-order valence-corrected chi connectivity index (χ0v) is 9.61. The van der Waals surface area contributed by atoms with Crippen LogP contribution in [0, 0.1) is 3.57 Å². The van der Waals surface area contributed by atoms with E-state index in [1.165, 1.54) is 26.3 Å². The summed E-state index contributed by atoms with van der Waals surface area (Å²) in [5.41, 5.74) is 1.31. The number of hydrogen-bond acceptors (Lipinski definition) is 2. The molecule has 1 nitrogen and oxygen atoms in total. The molecule has 3 heteroatoms. The van der Waals surface area contributed by atoms with E-state index in [0.717, 1.165) is 6.54 Å². The smallest absolute Gasteiger partial charge is 0.0488 e. The maximum Gasteiger partial charge on any atom is 0.0488 e. The van der Waals surface area contributed by atoms with E-state index < -0.39 is 0 Å². The first-order chi connectivity index (χ1) is 5.86. The topological polar surface area (TPSA) is 12.0 Å². The van der Waals surface area contributed by atoms with Crippen molar-refractivity contribution < 1.29 is 0 Å². The van der Waals surface area contributed by atoms with E-state index in [1.807, 2.05) is 11.8 Å². The van der Waals surface area contributed by atoms with Crippen LogP contribution in [0.3, 0.4) is 0 Å². The van der Waals surface area contributed by atoms with E-state index in [2.05, 4.69) is 46.1 Å². The Morgan fingerprint density at radius 1 is 1.42 bits per heavy atom. The number of fused-ring (bicyclic) bond motifs is 1. The molecule has 0 atom stereocenters. The lowest BCUT2D eigenvalue weighted by molar-refractivity contribution is 0.999. The molecule has 0 aromatic heterocycles.